The predicted octanol–water partition coefficient (Wildman–Crippen LogP) is 2.05. The van der Waals surface area contributed by atoms with E-state index >= 15 is 0 Å². The third-order valence-corrected chi connectivity index (χ3v) is 5.92. The third-order valence-electron chi connectivity index (χ3n) is 4.95. The van der Waals surface area contributed by atoms with Crippen molar-refractivity contribution in [2.75, 3.05) is 32.8 Å². The Morgan fingerprint density at radius 3 is 2.46 bits per heavy atom. The lowest BCUT2D eigenvalue weighted by atomic mass is 10.2. The van der Waals surface area contributed by atoms with Crippen LogP contribution in [0.4, 0.5) is 0 Å². The Morgan fingerprint density at radius 2 is 1.77 bits per heavy atom. The molecule has 1 saturated heterocycles. The molecule has 138 valence electrons. The zero-order valence-electron chi connectivity index (χ0n) is 14.7. The van der Waals surface area contributed by atoms with Gasteiger partial charge in [0.25, 0.3) is 0 Å². The van der Waals surface area contributed by atoms with E-state index in [4.69, 9.17) is 10.1 Å². The van der Waals surface area contributed by atoms with Crippen LogP contribution < -0.4 is 5.62 Å². The smallest absolute Gasteiger partial charge is 0.203 e. The fourth-order valence-corrected chi connectivity index (χ4v) is 4.22. The number of ether oxygens (including phenoxy) is 1. The number of imidazole rings is 1. The van der Waals surface area contributed by atoms with Gasteiger partial charge >= 0.3 is 0 Å². The van der Waals surface area contributed by atoms with Gasteiger partial charge in [-0.3, -0.25) is 10.3 Å². The molecule has 6 nitrogen and oxygen atoms in total. The largest absolute Gasteiger partial charge is 0.386 e. The topological polar surface area (TPSA) is 66.4 Å². The molecule has 1 aromatic carbocycles. The van der Waals surface area contributed by atoms with Crippen LogP contribution in [0.2, 0.25) is 0 Å². The van der Waals surface area contributed by atoms with E-state index in [1.807, 2.05) is 44.8 Å². The average molecular weight is 372 g/mol. The van der Waals surface area contributed by atoms with Gasteiger partial charge in [0, 0.05) is 31.1 Å². The molecule has 0 saturated carbocycles. The second-order valence-electron chi connectivity index (χ2n) is 6.56. The van der Waals surface area contributed by atoms with Gasteiger partial charge in [0.1, 0.15) is 6.10 Å². The lowest BCUT2D eigenvalue weighted by molar-refractivity contribution is 0.0363. The van der Waals surface area contributed by atoms with Crippen LogP contribution in [0.25, 0.3) is 11.0 Å². The van der Waals surface area contributed by atoms with Crippen LogP contribution in [0.15, 0.2) is 41.8 Å². The van der Waals surface area contributed by atoms with Gasteiger partial charge in [-0.2, -0.15) is 0 Å². The van der Waals surface area contributed by atoms with Crippen molar-refractivity contribution >= 4 is 22.4 Å². The van der Waals surface area contributed by atoms with Crippen molar-refractivity contribution in [2.24, 2.45) is 0 Å². The number of aliphatic hydroxyl groups excluding tert-OH is 1. The van der Waals surface area contributed by atoms with Crippen LogP contribution in [-0.2, 0) is 17.8 Å². The molecule has 0 radical (unpaired) electrons. The second kappa shape index (κ2) is 7.75. The minimum atomic E-state index is -0.595. The van der Waals surface area contributed by atoms with E-state index in [1.165, 1.54) is 0 Å². The number of aromatic nitrogens is 2. The third kappa shape index (κ3) is 3.48. The molecule has 3 heterocycles. The molecule has 2 aromatic heterocycles. The lowest BCUT2D eigenvalue weighted by Crippen LogP contribution is -2.39. The molecule has 1 fully saturated rings. The molecule has 4 rings (SSSR count). The van der Waals surface area contributed by atoms with E-state index in [2.05, 4.69) is 11.0 Å². The predicted molar refractivity (Wildman–Crippen MR) is 102 cm³/mol. The first-order valence-electron chi connectivity index (χ1n) is 8.98. The monoisotopic (exact) mass is 372 g/mol. The summed E-state index contributed by atoms with van der Waals surface area (Å²) in [7, 11) is 0. The fourth-order valence-electron chi connectivity index (χ4n) is 3.52. The number of fused-ring (bicyclic) bond motifs is 1. The van der Waals surface area contributed by atoms with E-state index in [-0.39, 0.29) is 0 Å². The highest BCUT2D eigenvalue weighted by Gasteiger charge is 2.17. The molecule has 7 heteroatoms. The van der Waals surface area contributed by atoms with Gasteiger partial charge in [-0.25, -0.2) is 0 Å². The van der Waals surface area contributed by atoms with Crippen LogP contribution in [0.3, 0.4) is 0 Å². The maximum atomic E-state index is 10.6. The van der Waals surface area contributed by atoms with Gasteiger partial charge in [0.05, 0.1) is 30.8 Å². The number of hydrogen-bond acceptors (Lipinski definition) is 5. The van der Waals surface area contributed by atoms with Crippen molar-refractivity contribution in [1.29, 1.82) is 5.41 Å². The zero-order chi connectivity index (χ0) is 17.9. The molecule has 1 aliphatic heterocycles. The van der Waals surface area contributed by atoms with Gasteiger partial charge in [-0.05, 0) is 23.6 Å². The Bertz CT molecular complexity index is 909. The van der Waals surface area contributed by atoms with Crippen LogP contribution in [0.1, 0.15) is 11.0 Å². The molecule has 0 aliphatic carbocycles. The number of benzene rings is 1. The molecule has 0 amide bonds. The molecular formula is C19H24N4O2S. The summed E-state index contributed by atoms with van der Waals surface area (Å²) in [4.78, 5) is 3.31. The molecule has 2 N–H and O–H groups in total. The summed E-state index contributed by atoms with van der Waals surface area (Å²) in [5.74, 6) is 0. The molecule has 0 unspecified atom stereocenters. The minimum Gasteiger partial charge on any atom is -0.386 e. The number of thiophene rings is 1. The van der Waals surface area contributed by atoms with Crippen molar-refractivity contribution in [2.45, 2.75) is 19.2 Å². The summed E-state index contributed by atoms with van der Waals surface area (Å²) in [6, 6.07) is 12.0. The normalized spacial score (nSPS) is 17.0. The Hall–Kier alpha value is -1.93. The second-order valence-corrected chi connectivity index (χ2v) is 7.54. The van der Waals surface area contributed by atoms with Gasteiger partial charge in [-0.15, -0.1) is 11.3 Å². The van der Waals surface area contributed by atoms with E-state index in [1.54, 1.807) is 11.3 Å². The van der Waals surface area contributed by atoms with Crippen molar-refractivity contribution < 1.29 is 9.84 Å². The van der Waals surface area contributed by atoms with Crippen LogP contribution in [0, 0.1) is 5.41 Å². The van der Waals surface area contributed by atoms with Crippen molar-refractivity contribution in [3.8, 4) is 0 Å². The summed E-state index contributed by atoms with van der Waals surface area (Å²) in [6.07, 6.45) is -0.595. The summed E-state index contributed by atoms with van der Waals surface area (Å²) in [5, 5.41) is 21.2. The fraction of sp³-hybridized carbons (Fsp3) is 0.421. The Morgan fingerprint density at radius 1 is 1.04 bits per heavy atom. The molecule has 0 spiro atoms. The van der Waals surface area contributed by atoms with E-state index in [9.17, 15) is 5.11 Å². The number of hydrogen-bond donors (Lipinski definition) is 2. The maximum Gasteiger partial charge on any atom is 0.203 e. The van der Waals surface area contributed by atoms with E-state index < -0.39 is 6.10 Å². The van der Waals surface area contributed by atoms with Gasteiger partial charge in [0.15, 0.2) is 0 Å². The van der Waals surface area contributed by atoms with Gasteiger partial charge in [0.2, 0.25) is 5.62 Å². The average Bonchev–Trinajstić information content (AvgIpc) is 3.29. The van der Waals surface area contributed by atoms with Crippen LogP contribution >= 0.6 is 11.3 Å². The van der Waals surface area contributed by atoms with Gasteiger partial charge in [-0.1, -0.05) is 18.2 Å². The first kappa shape index (κ1) is 17.5. The maximum absolute atomic E-state index is 10.6. The standard InChI is InChI=1S/C19H24N4O2S/c20-19-22(8-7-21-9-11-25-12-10-21)15-4-1-2-5-16(15)23(19)14-17(24)18-6-3-13-26-18/h1-6,13,17,20,24H,7-12,14H2/t17-/m1/s1. The lowest BCUT2D eigenvalue weighted by Gasteiger charge is -2.26. The molecule has 3 aromatic rings. The quantitative estimate of drug-likeness (QED) is 0.696. The first-order chi connectivity index (χ1) is 12.7. The Kier molecular flexibility index (Phi) is 5.21. The molecule has 1 atom stereocenters. The Balaban J connectivity index is 1.61. The number of nitrogens with zero attached hydrogens (tertiary/aromatic N) is 3. The van der Waals surface area contributed by atoms with Crippen molar-refractivity contribution in [3.05, 3.63) is 52.3 Å². The summed E-state index contributed by atoms with van der Waals surface area (Å²) < 4.78 is 9.38. The molecule has 0 bridgehead atoms. The summed E-state index contributed by atoms with van der Waals surface area (Å²) in [6.45, 7) is 5.53. The highest BCUT2D eigenvalue weighted by atomic mass is 32.1. The molecule has 26 heavy (non-hydrogen) atoms. The van der Waals surface area contributed by atoms with Gasteiger partial charge < -0.3 is 19.0 Å². The molecule has 1 aliphatic rings. The summed E-state index contributed by atoms with van der Waals surface area (Å²) in [5.41, 5.74) is 2.48. The highest BCUT2D eigenvalue weighted by molar-refractivity contribution is 7.10. The van der Waals surface area contributed by atoms with E-state index in [0.29, 0.717) is 12.2 Å². The first-order valence-corrected chi connectivity index (χ1v) is 9.86. The number of morpholine rings is 1. The van der Waals surface area contributed by atoms with Crippen LogP contribution in [0.5, 0.6) is 0 Å². The minimum absolute atomic E-state index is 0.393. The van der Waals surface area contributed by atoms with Crippen LogP contribution in [-0.4, -0.2) is 52.0 Å². The van der Waals surface area contributed by atoms with Crippen molar-refractivity contribution in [3.63, 3.8) is 0 Å². The summed E-state index contributed by atoms with van der Waals surface area (Å²) >= 11 is 1.55. The Labute approximate surface area is 156 Å². The van der Waals surface area contributed by atoms with E-state index in [0.717, 1.165) is 55.3 Å². The van der Waals surface area contributed by atoms with Crippen molar-refractivity contribution in [1.82, 2.24) is 14.0 Å². The number of aliphatic hydroxyl groups is 1. The zero-order valence-corrected chi connectivity index (χ0v) is 15.5. The highest BCUT2D eigenvalue weighted by Crippen LogP contribution is 2.22. The number of para-hydroxylation sites is 2. The number of rotatable bonds is 6. The SMILES string of the molecule is N=c1n(CCN2CCOCC2)c2ccccc2n1C[C@@H](O)c1cccs1. The molecular weight excluding hydrogens is 348 g/mol. The number of nitrogens with one attached hydrogen (secondary N) is 1.